The lowest BCUT2D eigenvalue weighted by atomic mass is 10.00. The summed E-state index contributed by atoms with van der Waals surface area (Å²) < 4.78 is 49.8. The highest BCUT2D eigenvalue weighted by Gasteiger charge is 2.17. The summed E-state index contributed by atoms with van der Waals surface area (Å²) in [5, 5.41) is 0.950. The van der Waals surface area contributed by atoms with Gasteiger partial charge in [0.2, 0.25) is 0 Å². The highest BCUT2D eigenvalue weighted by molar-refractivity contribution is 5.91. The van der Waals surface area contributed by atoms with Crippen molar-refractivity contribution in [1.29, 1.82) is 0 Å². The van der Waals surface area contributed by atoms with Crippen LogP contribution in [0.1, 0.15) is 37.0 Å². The monoisotopic (exact) mass is 396 g/mol. The Labute approximate surface area is 169 Å². The van der Waals surface area contributed by atoms with Crippen LogP contribution in [0.3, 0.4) is 0 Å². The molecular weight excluding hydrogens is 373 g/mol. The minimum Gasteiger partial charge on any atom is -0.490 e. The van der Waals surface area contributed by atoms with Gasteiger partial charge in [-0.15, -0.1) is 0 Å². The van der Waals surface area contributed by atoms with Crippen molar-refractivity contribution in [1.82, 2.24) is 0 Å². The van der Waals surface area contributed by atoms with E-state index in [4.69, 9.17) is 4.74 Å². The average molecular weight is 396 g/mol. The summed E-state index contributed by atoms with van der Waals surface area (Å²) in [5.41, 5.74) is 0.733. The molecule has 0 atom stereocenters. The zero-order valence-corrected chi connectivity index (χ0v) is 16.5. The summed E-state index contributed by atoms with van der Waals surface area (Å²) in [6.45, 7) is 4.34. The number of allylic oxidation sites excluding steroid dienone is 1. The van der Waals surface area contributed by atoms with E-state index in [1.807, 2.05) is 31.2 Å². The van der Waals surface area contributed by atoms with Gasteiger partial charge in [0, 0.05) is 16.5 Å². The molecule has 0 aromatic heterocycles. The summed E-state index contributed by atoms with van der Waals surface area (Å²) >= 11 is 0. The molecule has 150 valence electrons. The van der Waals surface area contributed by atoms with Crippen molar-refractivity contribution in [2.24, 2.45) is 0 Å². The van der Waals surface area contributed by atoms with Crippen LogP contribution in [-0.2, 0) is 6.42 Å². The Hall–Kier alpha value is -3.01. The second-order valence-electron chi connectivity index (χ2n) is 6.76. The number of ether oxygens (including phenoxy) is 1. The lowest BCUT2D eigenvalue weighted by Crippen LogP contribution is -1.94. The first-order chi connectivity index (χ1) is 14.0. The third kappa shape index (κ3) is 4.70. The smallest absolute Gasteiger partial charge is 0.169 e. The van der Waals surface area contributed by atoms with Gasteiger partial charge in [0.05, 0.1) is 0 Å². The first kappa shape index (κ1) is 20.7. The van der Waals surface area contributed by atoms with E-state index >= 15 is 0 Å². The molecule has 4 heteroatoms. The molecule has 3 rings (SSSR count). The van der Waals surface area contributed by atoms with Crippen LogP contribution in [-0.4, -0.2) is 6.61 Å². The standard InChI is InChI=1S/C25H23F3O/c1-3-5-15-29-20-11-8-18(9-12-20)23(26)25(28)22-14-10-19-16-17(6-4-2)7-13-21(19)24(22)27/h3,5,7-14,16H,4,6,15H2,1-2H3. The second-order valence-corrected chi connectivity index (χ2v) is 6.76. The maximum absolute atomic E-state index is 14.9. The van der Waals surface area contributed by atoms with Crippen molar-refractivity contribution in [3.05, 3.63) is 89.3 Å². The van der Waals surface area contributed by atoms with Crippen molar-refractivity contribution < 1.29 is 17.9 Å². The Morgan fingerprint density at radius 2 is 1.72 bits per heavy atom. The molecule has 0 bridgehead atoms. The molecule has 0 saturated carbocycles. The summed E-state index contributed by atoms with van der Waals surface area (Å²) in [5.74, 6) is -2.54. The van der Waals surface area contributed by atoms with E-state index in [1.54, 1.807) is 24.3 Å². The van der Waals surface area contributed by atoms with Crippen LogP contribution in [0.15, 0.2) is 66.7 Å². The van der Waals surface area contributed by atoms with Crippen LogP contribution in [0.4, 0.5) is 13.2 Å². The number of halogens is 3. The van der Waals surface area contributed by atoms with Gasteiger partial charge in [-0.25, -0.2) is 13.2 Å². The molecule has 0 heterocycles. The Balaban J connectivity index is 1.92. The third-order valence-corrected chi connectivity index (χ3v) is 4.68. The molecule has 0 radical (unpaired) electrons. The van der Waals surface area contributed by atoms with E-state index < -0.39 is 17.5 Å². The van der Waals surface area contributed by atoms with Gasteiger partial charge in [-0.3, -0.25) is 0 Å². The third-order valence-electron chi connectivity index (χ3n) is 4.68. The molecule has 0 amide bonds. The molecule has 0 aliphatic heterocycles. The number of hydrogen-bond acceptors (Lipinski definition) is 1. The fourth-order valence-electron chi connectivity index (χ4n) is 3.14. The number of fused-ring (bicyclic) bond motifs is 1. The van der Waals surface area contributed by atoms with Gasteiger partial charge in [-0.1, -0.05) is 49.8 Å². The minimum atomic E-state index is -1.22. The van der Waals surface area contributed by atoms with Gasteiger partial charge in [0.25, 0.3) is 0 Å². The van der Waals surface area contributed by atoms with Crippen molar-refractivity contribution in [3.8, 4) is 5.75 Å². The number of aryl methyl sites for hydroxylation is 1. The fraction of sp³-hybridized carbons (Fsp3) is 0.200. The lowest BCUT2D eigenvalue weighted by molar-refractivity contribution is 0.362. The van der Waals surface area contributed by atoms with Crippen molar-refractivity contribution in [3.63, 3.8) is 0 Å². The van der Waals surface area contributed by atoms with Crippen LogP contribution in [0.5, 0.6) is 5.75 Å². The topological polar surface area (TPSA) is 9.23 Å². The lowest BCUT2D eigenvalue weighted by Gasteiger charge is -2.09. The minimum absolute atomic E-state index is 0.0266. The second kappa shape index (κ2) is 9.46. The van der Waals surface area contributed by atoms with E-state index in [9.17, 15) is 13.2 Å². The Kier molecular flexibility index (Phi) is 6.76. The SMILES string of the molecule is CC=CCOc1ccc(C(F)=C(F)c2ccc3cc(CCC)ccc3c2F)cc1. The molecule has 3 aromatic carbocycles. The van der Waals surface area contributed by atoms with E-state index in [2.05, 4.69) is 6.92 Å². The normalized spacial score (nSPS) is 12.4. The largest absolute Gasteiger partial charge is 0.490 e. The predicted molar refractivity (Wildman–Crippen MR) is 114 cm³/mol. The molecule has 1 nitrogen and oxygen atoms in total. The predicted octanol–water partition coefficient (Wildman–Crippen LogP) is 7.65. The molecular formula is C25H23F3O. The number of rotatable bonds is 7. The van der Waals surface area contributed by atoms with E-state index in [1.165, 1.54) is 18.2 Å². The first-order valence-electron chi connectivity index (χ1n) is 9.66. The van der Waals surface area contributed by atoms with Gasteiger partial charge in [-0.05, 0) is 54.6 Å². The highest BCUT2D eigenvalue weighted by Crippen LogP contribution is 2.34. The van der Waals surface area contributed by atoms with E-state index in [0.29, 0.717) is 17.7 Å². The van der Waals surface area contributed by atoms with Crippen molar-refractivity contribution in [2.75, 3.05) is 6.61 Å². The van der Waals surface area contributed by atoms with Gasteiger partial charge in [0.1, 0.15) is 18.2 Å². The van der Waals surface area contributed by atoms with Gasteiger partial charge >= 0.3 is 0 Å². The van der Waals surface area contributed by atoms with E-state index in [-0.39, 0.29) is 16.5 Å². The maximum Gasteiger partial charge on any atom is 0.169 e. The Morgan fingerprint density at radius 1 is 0.966 bits per heavy atom. The molecule has 0 saturated heterocycles. The summed E-state index contributed by atoms with van der Waals surface area (Å²) in [4.78, 5) is 0. The molecule has 0 fully saturated rings. The van der Waals surface area contributed by atoms with Crippen LogP contribution in [0.25, 0.3) is 22.4 Å². The van der Waals surface area contributed by atoms with Crippen LogP contribution >= 0.6 is 0 Å². The molecule has 3 aromatic rings. The zero-order chi connectivity index (χ0) is 20.8. The molecule has 0 aliphatic rings. The highest BCUT2D eigenvalue weighted by atomic mass is 19.2. The van der Waals surface area contributed by atoms with Crippen molar-refractivity contribution in [2.45, 2.75) is 26.7 Å². The van der Waals surface area contributed by atoms with Crippen molar-refractivity contribution >= 4 is 22.4 Å². The Morgan fingerprint density at radius 3 is 2.41 bits per heavy atom. The first-order valence-corrected chi connectivity index (χ1v) is 9.66. The quantitative estimate of drug-likeness (QED) is 0.294. The number of benzene rings is 3. The molecule has 0 unspecified atom stereocenters. The average Bonchev–Trinajstić information content (AvgIpc) is 2.74. The summed E-state index contributed by atoms with van der Waals surface area (Å²) in [6.07, 6.45) is 5.56. The van der Waals surface area contributed by atoms with Crippen LogP contribution < -0.4 is 4.74 Å². The van der Waals surface area contributed by atoms with Gasteiger partial charge in [0.15, 0.2) is 11.7 Å². The molecule has 0 N–H and O–H groups in total. The van der Waals surface area contributed by atoms with Crippen LogP contribution in [0.2, 0.25) is 0 Å². The maximum atomic E-state index is 14.9. The summed E-state index contributed by atoms with van der Waals surface area (Å²) in [7, 11) is 0. The van der Waals surface area contributed by atoms with Gasteiger partial charge < -0.3 is 4.74 Å². The molecule has 29 heavy (non-hydrogen) atoms. The summed E-state index contributed by atoms with van der Waals surface area (Å²) in [6, 6.07) is 14.2. The molecule has 0 spiro atoms. The van der Waals surface area contributed by atoms with E-state index in [0.717, 1.165) is 18.4 Å². The Bertz CT molecular complexity index is 1050. The molecule has 0 aliphatic carbocycles. The fourth-order valence-corrected chi connectivity index (χ4v) is 3.14. The van der Waals surface area contributed by atoms with Gasteiger partial charge in [-0.2, -0.15) is 0 Å². The number of hydrogen-bond donors (Lipinski definition) is 0. The van der Waals surface area contributed by atoms with Crippen LogP contribution in [0, 0.1) is 5.82 Å². The zero-order valence-electron chi connectivity index (χ0n) is 16.5.